The molecule has 0 radical (unpaired) electrons. The van der Waals surface area contributed by atoms with Crippen LogP contribution >= 0.6 is 15.9 Å². The van der Waals surface area contributed by atoms with Crippen LogP contribution < -0.4 is 5.32 Å². The lowest BCUT2D eigenvalue weighted by atomic mass is 10.2. The van der Waals surface area contributed by atoms with Crippen LogP contribution in [0.1, 0.15) is 15.9 Å². The summed E-state index contributed by atoms with van der Waals surface area (Å²) in [5, 5.41) is 2.51. The number of rotatable bonds is 3. The van der Waals surface area contributed by atoms with Gasteiger partial charge in [-0.25, -0.2) is 13.8 Å². The van der Waals surface area contributed by atoms with Gasteiger partial charge in [0.1, 0.15) is 16.2 Å². The molecule has 3 nitrogen and oxygen atoms in total. The molecule has 1 aromatic heterocycles. The van der Waals surface area contributed by atoms with Crippen LogP contribution in [0.4, 0.5) is 8.78 Å². The minimum atomic E-state index is -0.563. The molecule has 0 unspecified atom stereocenters. The zero-order chi connectivity index (χ0) is 13.8. The van der Waals surface area contributed by atoms with Crippen LogP contribution in [-0.2, 0) is 6.54 Å². The van der Waals surface area contributed by atoms with Gasteiger partial charge in [-0.05, 0) is 46.3 Å². The van der Waals surface area contributed by atoms with Crippen molar-refractivity contribution < 1.29 is 13.6 Å². The van der Waals surface area contributed by atoms with Crippen molar-refractivity contribution in [1.82, 2.24) is 10.3 Å². The highest BCUT2D eigenvalue weighted by atomic mass is 79.9. The monoisotopic (exact) mass is 326 g/mol. The smallest absolute Gasteiger partial charge is 0.254 e. The Kier molecular flexibility index (Phi) is 4.21. The molecule has 0 aliphatic heterocycles. The largest absolute Gasteiger partial charge is 0.348 e. The molecule has 1 N–H and O–H groups in total. The second kappa shape index (κ2) is 5.88. The van der Waals surface area contributed by atoms with Crippen molar-refractivity contribution in [2.75, 3.05) is 0 Å². The summed E-state index contributed by atoms with van der Waals surface area (Å²) in [6, 6.07) is 6.29. The number of hydrogen-bond donors (Lipinski definition) is 1. The molecule has 1 aromatic carbocycles. The van der Waals surface area contributed by atoms with Crippen molar-refractivity contribution in [1.29, 1.82) is 0 Å². The van der Waals surface area contributed by atoms with Crippen LogP contribution in [0.5, 0.6) is 0 Å². The van der Waals surface area contributed by atoms with E-state index in [0.29, 0.717) is 10.2 Å². The minimum Gasteiger partial charge on any atom is -0.348 e. The summed E-state index contributed by atoms with van der Waals surface area (Å²) in [7, 11) is 0. The lowest BCUT2D eigenvalue weighted by Gasteiger charge is -2.07. The third kappa shape index (κ3) is 3.35. The molecule has 6 heteroatoms. The second-order valence-electron chi connectivity index (χ2n) is 3.76. The predicted molar refractivity (Wildman–Crippen MR) is 69.5 cm³/mol. The molecule has 0 spiro atoms. The average molecular weight is 327 g/mol. The molecule has 1 amide bonds. The van der Waals surface area contributed by atoms with E-state index in [0.717, 1.165) is 18.2 Å². The number of benzene rings is 1. The van der Waals surface area contributed by atoms with Crippen LogP contribution in [0.25, 0.3) is 0 Å². The normalized spacial score (nSPS) is 10.3. The molecule has 0 saturated heterocycles. The van der Waals surface area contributed by atoms with Crippen molar-refractivity contribution in [2.45, 2.75) is 6.54 Å². The van der Waals surface area contributed by atoms with E-state index in [1.54, 1.807) is 12.1 Å². The Morgan fingerprint density at radius 2 is 2.11 bits per heavy atom. The molecule has 0 atom stereocenters. The van der Waals surface area contributed by atoms with Crippen LogP contribution in [0.2, 0.25) is 0 Å². The van der Waals surface area contributed by atoms with Crippen LogP contribution in [0, 0.1) is 11.6 Å². The molecule has 2 rings (SSSR count). The van der Waals surface area contributed by atoms with Crippen molar-refractivity contribution in [3.05, 3.63) is 63.9 Å². The maximum atomic E-state index is 13.4. The first kappa shape index (κ1) is 13.6. The first-order chi connectivity index (χ1) is 9.08. The number of hydrogen-bond acceptors (Lipinski definition) is 2. The maximum Gasteiger partial charge on any atom is 0.254 e. The average Bonchev–Trinajstić information content (AvgIpc) is 2.40. The molecule has 0 aliphatic rings. The van der Waals surface area contributed by atoms with Gasteiger partial charge in [0, 0.05) is 18.3 Å². The molecule has 1 heterocycles. The Bertz CT molecular complexity index is 619. The van der Waals surface area contributed by atoms with Gasteiger partial charge in [0.15, 0.2) is 0 Å². The van der Waals surface area contributed by atoms with E-state index in [1.807, 2.05) is 0 Å². The van der Waals surface area contributed by atoms with Crippen LogP contribution in [0.15, 0.2) is 41.1 Å². The number of amides is 1. The maximum absolute atomic E-state index is 13.4. The fourth-order valence-electron chi connectivity index (χ4n) is 1.50. The third-order valence-corrected chi connectivity index (χ3v) is 3.08. The molecular formula is C13H9BrF2N2O. The fraction of sp³-hybridized carbons (Fsp3) is 0.0769. The molecule has 2 aromatic rings. The first-order valence-electron chi connectivity index (χ1n) is 5.40. The summed E-state index contributed by atoms with van der Waals surface area (Å²) in [4.78, 5) is 15.7. The Balaban J connectivity index is 2.09. The molecular weight excluding hydrogens is 318 g/mol. The molecule has 0 bridgehead atoms. The number of nitrogens with zero attached hydrogens (tertiary/aromatic N) is 1. The zero-order valence-corrected chi connectivity index (χ0v) is 11.2. The van der Waals surface area contributed by atoms with E-state index in [-0.39, 0.29) is 12.1 Å². The van der Waals surface area contributed by atoms with E-state index < -0.39 is 17.5 Å². The van der Waals surface area contributed by atoms with Gasteiger partial charge in [-0.1, -0.05) is 0 Å². The van der Waals surface area contributed by atoms with E-state index in [9.17, 15) is 13.6 Å². The zero-order valence-electron chi connectivity index (χ0n) is 9.66. The van der Waals surface area contributed by atoms with Crippen molar-refractivity contribution in [3.63, 3.8) is 0 Å². The Morgan fingerprint density at radius 3 is 2.84 bits per heavy atom. The quantitative estimate of drug-likeness (QED) is 0.881. The number of nitrogens with one attached hydrogen (secondary N) is 1. The molecule has 98 valence electrons. The van der Waals surface area contributed by atoms with Gasteiger partial charge in [-0.3, -0.25) is 4.79 Å². The lowest BCUT2D eigenvalue weighted by molar-refractivity contribution is 0.0949. The number of aromatic nitrogens is 1. The molecule has 19 heavy (non-hydrogen) atoms. The second-order valence-corrected chi connectivity index (χ2v) is 4.51. The van der Waals surface area contributed by atoms with E-state index in [4.69, 9.17) is 0 Å². The number of carbonyl (C=O) groups is 1. The van der Waals surface area contributed by atoms with Crippen molar-refractivity contribution >= 4 is 21.8 Å². The van der Waals surface area contributed by atoms with Gasteiger partial charge in [-0.15, -0.1) is 0 Å². The van der Waals surface area contributed by atoms with Crippen molar-refractivity contribution in [2.24, 2.45) is 0 Å². The van der Waals surface area contributed by atoms with E-state index in [1.165, 1.54) is 6.20 Å². The number of carbonyl (C=O) groups excluding carboxylic acids is 1. The summed E-state index contributed by atoms with van der Waals surface area (Å²) in [6.07, 6.45) is 1.53. The molecule has 0 fully saturated rings. The van der Waals surface area contributed by atoms with E-state index >= 15 is 0 Å². The summed E-state index contributed by atoms with van der Waals surface area (Å²) in [6.45, 7) is -0.0935. The highest BCUT2D eigenvalue weighted by molar-refractivity contribution is 9.10. The number of halogens is 3. The Hall–Kier alpha value is -1.82. The minimum absolute atomic E-state index is 0.0911. The summed E-state index contributed by atoms with van der Waals surface area (Å²) >= 11 is 3.14. The highest BCUT2D eigenvalue weighted by Crippen LogP contribution is 2.13. The van der Waals surface area contributed by atoms with Crippen LogP contribution in [-0.4, -0.2) is 10.9 Å². The molecule has 0 aliphatic carbocycles. The fourth-order valence-corrected chi connectivity index (χ4v) is 1.94. The SMILES string of the molecule is O=C(NCc1cc(F)ccc1F)c1cccnc1Br. The Morgan fingerprint density at radius 1 is 1.32 bits per heavy atom. The summed E-state index contributed by atoms with van der Waals surface area (Å²) in [5.41, 5.74) is 0.424. The summed E-state index contributed by atoms with van der Waals surface area (Å²) in [5.74, 6) is -1.52. The van der Waals surface area contributed by atoms with Gasteiger partial charge in [0.25, 0.3) is 5.91 Å². The number of pyridine rings is 1. The van der Waals surface area contributed by atoms with Gasteiger partial charge < -0.3 is 5.32 Å². The van der Waals surface area contributed by atoms with E-state index in [2.05, 4.69) is 26.2 Å². The van der Waals surface area contributed by atoms with Gasteiger partial charge >= 0.3 is 0 Å². The van der Waals surface area contributed by atoms with Crippen LogP contribution in [0.3, 0.4) is 0 Å². The lowest BCUT2D eigenvalue weighted by Crippen LogP contribution is -2.24. The van der Waals surface area contributed by atoms with Gasteiger partial charge in [-0.2, -0.15) is 0 Å². The molecule has 0 saturated carbocycles. The van der Waals surface area contributed by atoms with Gasteiger partial charge in [0.2, 0.25) is 0 Å². The topological polar surface area (TPSA) is 42.0 Å². The predicted octanol–water partition coefficient (Wildman–Crippen LogP) is 3.05. The standard InChI is InChI=1S/C13H9BrF2N2O/c14-12-10(2-1-5-17-12)13(19)18-7-8-6-9(15)3-4-11(8)16/h1-6H,7H2,(H,18,19). The highest BCUT2D eigenvalue weighted by Gasteiger charge is 2.11. The van der Waals surface area contributed by atoms with Gasteiger partial charge in [0.05, 0.1) is 5.56 Å². The summed E-state index contributed by atoms with van der Waals surface area (Å²) < 4.78 is 26.7. The van der Waals surface area contributed by atoms with Crippen molar-refractivity contribution in [3.8, 4) is 0 Å². The third-order valence-electron chi connectivity index (χ3n) is 2.45. The first-order valence-corrected chi connectivity index (χ1v) is 6.20. The Labute approximate surface area is 116 Å².